The van der Waals surface area contributed by atoms with Gasteiger partial charge >= 0.3 is 0 Å². The van der Waals surface area contributed by atoms with Crippen LogP contribution in [0, 0.1) is 11.3 Å². The maximum atomic E-state index is 11.9. The van der Waals surface area contributed by atoms with E-state index in [4.69, 9.17) is 10.00 Å². The van der Waals surface area contributed by atoms with Gasteiger partial charge in [0.05, 0.1) is 11.6 Å². The molecular weight excluding hydrogens is 302 g/mol. The van der Waals surface area contributed by atoms with E-state index in [-0.39, 0.29) is 5.91 Å². The highest BCUT2D eigenvalue weighted by molar-refractivity contribution is 5.95. The lowest BCUT2D eigenvalue weighted by molar-refractivity contribution is 0.0953. The molecule has 2 aromatic rings. The summed E-state index contributed by atoms with van der Waals surface area (Å²) in [6, 6.07) is 16.5. The summed E-state index contributed by atoms with van der Waals surface area (Å²) in [6.45, 7) is 3.79. The first-order valence-electron chi connectivity index (χ1n) is 7.98. The fourth-order valence-electron chi connectivity index (χ4n) is 2.10. The van der Waals surface area contributed by atoms with Crippen LogP contribution in [-0.2, 0) is 0 Å². The summed E-state index contributed by atoms with van der Waals surface area (Å²) in [5.74, 6) is 0.665. The Morgan fingerprint density at radius 3 is 2.67 bits per heavy atom. The number of amides is 1. The summed E-state index contributed by atoms with van der Waals surface area (Å²) in [5.41, 5.74) is 2.13. The average Bonchev–Trinajstić information content (AvgIpc) is 2.64. The molecule has 0 heterocycles. The lowest BCUT2D eigenvalue weighted by Gasteiger charge is -2.10. The SMILES string of the molecule is CCCNC(=O)c1cccc(NCCOc2ccc(C#N)cc2)c1. The molecule has 0 aliphatic rings. The number of nitriles is 1. The van der Waals surface area contributed by atoms with Crippen LogP contribution in [0.5, 0.6) is 5.75 Å². The molecule has 0 unspecified atom stereocenters. The molecule has 0 saturated heterocycles. The molecule has 0 radical (unpaired) electrons. The van der Waals surface area contributed by atoms with Gasteiger partial charge in [-0.2, -0.15) is 5.26 Å². The van der Waals surface area contributed by atoms with Crippen molar-refractivity contribution in [3.8, 4) is 11.8 Å². The normalized spacial score (nSPS) is 9.83. The zero-order valence-corrected chi connectivity index (χ0v) is 13.7. The van der Waals surface area contributed by atoms with Crippen LogP contribution in [0.4, 0.5) is 5.69 Å². The number of carbonyl (C=O) groups is 1. The van der Waals surface area contributed by atoms with E-state index in [9.17, 15) is 4.79 Å². The molecule has 0 aromatic heterocycles. The van der Waals surface area contributed by atoms with Gasteiger partial charge in [-0.1, -0.05) is 13.0 Å². The van der Waals surface area contributed by atoms with Crippen molar-refractivity contribution in [2.24, 2.45) is 0 Å². The van der Waals surface area contributed by atoms with E-state index < -0.39 is 0 Å². The van der Waals surface area contributed by atoms with Crippen molar-refractivity contribution in [3.05, 3.63) is 59.7 Å². The molecular formula is C19H21N3O2. The Balaban J connectivity index is 1.79. The first kappa shape index (κ1) is 17.4. The van der Waals surface area contributed by atoms with E-state index in [1.807, 2.05) is 25.1 Å². The molecule has 124 valence electrons. The third kappa shape index (κ3) is 5.33. The lowest BCUT2D eigenvalue weighted by Crippen LogP contribution is -2.24. The van der Waals surface area contributed by atoms with Crippen LogP contribution in [0.3, 0.4) is 0 Å². The zero-order chi connectivity index (χ0) is 17.2. The number of nitrogens with zero attached hydrogens (tertiary/aromatic N) is 1. The summed E-state index contributed by atoms with van der Waals surface area (Å²) in [7, 11) is 0. The molecule has 0 fully saturated rings. The van der Waals surface area contributed by atoms with E-state index in [2.05, 4.69) is 16.7 Å². The number of anilines is 1. The second-order valence-corrected chi connectivity index (χ2v) is 5.25. The van der Waals surface area contributed by atoms with Crippen molar-refractivity contribution in [1.29, 1.82) is 5.26 Å². The molecule has 0 aliphatic heterocycles. The molecule has 2 N–H and O–H groups in total. The third-order valence-electron chi connectivity index (χ3n) is 3.34. The first-order chi connectivity index (χ1) is 11.7. The Labute approximate surface area is 142 Å². The van der Waals surface area contributed by atoms with Crippen molar-refractivity contribution in [2.45, 2.75) is 13.3 Å². The topological polar surface area (TPSA) is 74.2 Å². The average molecular weight is 323 g/mol. The second-order valence-electron chi connectivity index (χ2n) is 5.25. The number of rotatable bonds is 8. The number of carbonyl (C=O) groups excluding carboxylic acids is 1. The van der Waals surface area contributed by atoms with Gasteiger partial charge in [-0.05, 0) is 48.9 Å². The molecule has 2 aromatic carbocycles. The van der Waals surface area contributed by atoms with Gasteiger partial charge in [-0.3, -0.25) is 4.79 Å². The molecule has 24 heavy (non-hydrogen) atoms. The summed E-state index contributed by atoms with van der Waals surface area (Å²) in [4.78, 5) is 11.9. The summed E-state index contributed by atoms with van der Waals surface area (Å²) >= 11 is 0. The van der Waals surface area contributed by atoms with Crippen molar-refractivity contribution in [1.82, 2.24) is 5.32 Å². The van der Waals surface area contributed by atoms with Crippen molar-refractivity contribution in [3.63, 3.8) is 0 Å². The van der Waals surface area contributed by atoms with E-state index in [0.29, 0.717) is 30.8 Å². The van der Waals surface area contributed by atoms with Crippen molar-refractivity contribution in [2.75, 3.05) is 25.0 Å². The molecule has 5 nitrogen and oxygen atoms in total. The zero-order valence-electron chi connectivity index (χ0n) is 13.7. The van der Waals surface area contributed by atoms with Gasteiger partial charge in [0.1, 0.15) is 12.4 Å². The minimum absolute atomic E-state index is 0.0608. The van der Waals surface area contributed by atoms with Gasteiger partial charge in [-0.25, -0.2) is 0 Å². The minimum Gasteiger partial charge on any atom is -0.492 e. The Hall–Kier alpha value is -3.00. The molecule has 0 atom stereocenters. The monoisotopic (exact) mass is 323 g/mol. The predicted molar refractivity (Wildman–Crippen MR) is 94.2 cm³/mol. The highest BCUT2D eigenvalue weighted by Gasteiger charge is 2.04. The molecule has 0 aliphatic carbocycles. The van der Waals surface area contributed by atoms with Gasteiger partial charge in [0.2, 0.25) is 0 Å². The summed E-state index contributed by atoms with van der Waals surface area (Å²) < 4.78 is 5.61. The van der Waals surface area contributed by atoms with Crippen LogP contribution in [0.1, 0.15) is 29.3 Å². The molecule has 0 saturated carbocycles. The van der Waals surface area contributed by atoms with E-state index in [1.165, 1.54) is 0 Å². The molecule has 1 amide bonds. The van der Waals surface area contributed by atoms with Gasteiger partial charge < -0.3 is 15.4 Å². The molecule has 0 bridgehead atoms. The van der Waals surface area contributed by atoms with Crippen molar-refractivity contribution >= 4 is 11.6 Å². The van der Waals surface area contributed by atoms with E-state index in [1.54, 1.807) is 30.3 Å². The number of hydrogen-bond donors (Lipinski definition) is 2. The van der Waals surface area contributed by atoms with Gasteiger partial charge in [0, 0.05) is 24.3 Å². The van der Waals surface area contributed by atoms with Gasteiger partial charge in [-0.15, -0.1) is 0 Å². The number of hydrogen-bond acceptors (Lipinski definition) is 4. The Morgan fingerprint density at radius 1 is 1.17 bits per heavy atom. The third-order valence-corrected chi connectivity index (χ3v) is 3.34. The van der Waals surface area contributed by atoms with Gasteiger partial charge in [0.25, 0.3) is 5.91 Å². The molecule has 0 spiro atoms. The standard InChI is InChI=1S/C19H21N3O2/c1-2-10-22-19(23)16-4-3-5-17(13-16)21-11-12-24-18-8-6-15(14-20)7-9-18/h3-9,13,21H,2,10-12H2,1H3,(H,22,23). The Bertz CT molecular complexity index is 705. The van der Waals surface area contributed by atoms with Crippen LogP contribution in [0.25, 0.3) is 0 Å². The van der Waals surface area contributed by atoms with Crippen LogP contribution < -0.4 is 15.4 Å². The highest BCUT2D eigenvalue weighted by atomic mass is 16.5. The predicted octanol–water partition coefficient (Wildman–Crippen LogP) is 3.19. The quantitative estimate of drug-likeness (QED) is 0.732. The second kappa shape index (κ2) is 9.21. The molecule has 2 rings (SSSR count). The van der Waals surface area contributed by atoms with Crippen LogP contribution in [0.2, 0.25) is 0 Å². The highest BCUT2D eigenvalue weighted by Crippen LogP contribution is 2.12. The maximum absolute atomic E-state index is 11.9. The summed E-state index contributed by atoms with van der Waals surface area (Å²) in [5, 5.41) is 14.8. The van der Waals surface area contributed by atoms with Gasteiger partial charge in [0.15, 0.2) is 0 Å². The minimum atomic E-state index is -0.0608. The smallest absolute Gasteiger partial charge is 0.251 e. The Morgan fingerprint density at radius 2 is 1.96 bits per heavy atom. The van der Waals surface area contributed by atoms with E-state index in [0.717, 1.165) is 17.9 Å². The Kier molecular flexibility index (Phi) is 6.66. The maximum Gasteiger partial charge on any atom is 0.251 e. The fourth-order valence-corrected chi connectivity index (χ4v) is 2.10. The number of nitrogens with one attached hydrogen (secondary N) is 2. The van der Waals surface area contributed by atoms with Crippen LogP contribution in [0.15, 0.2) is 48.5 Å². The summed E-state index contributed by atoms with van der Waals surface area (Å²) in [6.07, 6.45) is 0.913. The fraction of sp³-hybridized carbons (Fsp3) is 0.263. The largest absolute Gasteiger partial charge is 0.492 e. The number of ether oxygens (including phenoxy) is 1. The van der Waals surface area contributed by atoms with Crippen LogP contribution in [-0.4, -0.2) is 25.6 Å². The van der Waals surface area contributed by atoms with E-state index >= 15 is 0 Å². The number of benzene rings is 2. The molecule has 5 heteroatoms. The lowest BCUT2D eigenvalue weighted by atomic mass is 10.2. The van der Waals surface area contributed by atoms with Crippen LogP contribution >= 0.6 is 0 Å². The van der Waals surface area contributed by atoms with Crippen molar-refractivity contribution < 1.29 is 9.53 Å². The first-order valence-corrected chi connectivity index (χ1v) is 7.98.